The van der Waals surface area contributed by atoms with Crippen LogP contribution in [0.3, 0.4) is 0 Å². The molecule has 2 fully saturated rings. The smallest absolute Gasteiger partial charge is 0.312 e. The minimum absolute atomic E-state index is 0.0915. The van der Waals surface area contributed by atoms with Crippen molar-refractivity contribution in [2.45, 2.75) is 90.6 Å². The number of hydrogen-bond donors (Lipinski definition) is 0. The molecule has 0 aromatic heterocycles. The van der Waals surface area contributed by atoms with Crippen LogP contribution in [0.1, 0.15) is 84.5 Å². The Hall–Kier alpha value is -0.530. The minimum atomic E-state index is -0.238. The molecule has 2 saturated carbocycles. The van der Waals surface area contributed by atoms with E-state index >= 15 is 0 Å². The van der Waals surface area contributed by atoms with Gasteiger partial charge in [-0.1, -0.05) is 32.6 Å². The summed E-state index contributed by atoms with van der Waals surface area (Å²) in [5, 5.41) is 0. The van der Waals surface area contributed by atoms with Gasteiger partial charge in [-0.15, -0.1) is 0 Å². The lowest BCUT2D eigenvalue weighted by Gasteiger charge is -2.38. The largest absolute Gasteiger partial charge is 0.462 e. The first-order chi connectivity index (χ1) is 9.16. The van der Waals surface area contributed by atoms with Crippen LogP contribution in [0.25, 0.3) is 0 Å². The van der Waals surface area contributed by atoms with Gasteiger partial charge in [0.25, 0.3) is 0 Å². The molecular weight excluding hydrogens is 236 g/mol. The molecule has 0 amide bonds. The van der Waals surface area contributed by atoms with Crippen molar-refractivity contribution in [2.75, 3.05) is 0 Å². The molecule has 0 bridgehead atoms. The molecular formula is C17H30O2. The Bertz CT molecular complexity index is 288. The molecule has 2 aliphatic rings. The maximum absolute atomic E-state index is 12.6. The quantitative estimate of drug-likeness (QED) is 0.679. The highest BCUT2D eigenvalue weighted by molar-refractivity contribution is 5.77. The Morgan fingerprint density at radius 3 is 2.05 bits per heavy atom. The van der Waals surface area contributed by atoms with Crippen LogP contribution in [-0.2, 0) is 9.53 Å². The minimum Gasteiger partial charge on any atom is -0.462 e. The summed E-state index contributed by atoms with van der Waals surface area (Å²) < 4.78 is 5.86. The Morgan fingerprint density at radius 2 is 1.53 bits per heavy atom. The third-order valence-corrected chi connectivity index (χ3v) is 5.53. The van der Waals surface area contributed by atoms with Crippen molar-refractivity contribution in [2.24, 2.45) is 11.3 Å². The van der Waals surface area contributed by atoms with Gasteiger partial charge in [-0.2, -0.15) is 0 Å². The summed E-state index contributed by atoms with van der Waals surface area (Å²) in [6.07, 6.45) is 13.4. The normalized spacial score (nSPS) is 25.8. The van der Waals surface area contributed by atoms with Crippen molar-refractivity contribution in [3.8, 4) is 0 Å². The predicted molar refractivity (Wildman–Crippen MR) is 77.9 cm³/mol. The lowest BCUT2D eigenvalue weighted by Crippen LogP contribution is -2.40. The molecule has 0 radical (unpaired) electrons. The SMILES string of the molecule is CCC(C)(C(=O)OC1CCCCC1)C1CCCCC1. The van der Waals surface area contributed by atoms with Crippen molar-refractivity contribution in [3.63, 3.8) is 0 Å². The number of esters is 1. The summed E-state index contributed by atoms with van der Waals surface area (Å²) in [6.45, 7) is 4.30. The van der Waals surface area contributed by atoms with Gasteiger partial charge in [0.2, 0.25) is 0 Å². The van der Waals surface area contributed by atoms with E-state index in [2.05, 4.69) is 13.8 Å². The molecule has 1 unspecified atom stereocenters. The van der Waals surface area contributed by atoms with Crippen LogP contribution in [0, 0.1) is 11.3 Å². The lowest BCUT2D eigenvalue weighted by molar-refractivity contribution is -0.167. The molecule has 0 N–H and O–H groups in total. The first-order valence-electron chi connectivity index (χ1n) is 8.38. The summed E-state index contributed by atoms with van der Waals surface area (Å²) in [4.78, 5) is 12.6. The van der Waals surface area contributed by atoms with Crippen LogP contribution in [-0.4, -0.2) is 12.1 Å². The standard InChI is InChI=1S/C17H30O2/c1-3-17(2,14-10-6-4-7-11-14)16(18)19-15-12-8-5-9-13-15/h14-15H,3-13H2,1-2H3. The zero-order chi connectivity index (χ0) is 13.7. The van der Waals surface area contributed by atoms with E-state index in [0.717, 1.165) is 19.3 Å². The molecule has 19 heavy (non-hydrogen) atoms. The van der Waals surface area contributed by atoms with Gasteiger partial charge in [0.05, 0.1) is 5.41 Å². The van der Waals surface area contributed by atoms with Gasteiger partial charge in [-0.3, -0.25) is 4.79 Å². The zero-order valence-corrected chi connectivity index (χ0v) is 12.7. The van der Waals surface area contributed by atoms with Crippen molar-refractivity contribution in [1.82, 2.24) is 0 Å². The van der Waals surface area contributed by atoms with Crippen LogP contribution in [0.5, 0.6) is 0 Å². The van der Waals surface area contributed by atoms with Crippen LogP contribution >= 0.6 is 0 Å². The molecule has 2 aliphatic carbocycles. The summed E-state index contributed by atoms with van der Waals surface area (Å²) in [7, 11) is 0. The molecule has 2 rings (SSSR count). The van der Waals surface area contributed by atoms with E-state index in [1.54, 1.807) is 0 Å². The van der Waals surface area contributed by atoms with Gasteiger partial charge in [-0.05, 0) is 57.8 Å². The summed E-state index contributed by atoms with van der Waals surface area (Å²) in [5.74, 6) is 0.635. The highest BCUT2D eigenvalue weighted by Crippen LogP contribution is 2.42. The van der Waals surface area contributed by atoms with Crippen LogP contribution < -0.4 is 0 Å². The average molecular weight is 266 g/mol. The lowest BCUT2D eigenvalue weighted by atomic mass is 9.68. The summed E-state index contributed by atoms with van der Waals surface area (Å²) >= 11 is 0. The highest BCUT2D eigenvalue weighted by Gasteiger charge is 2.42. The van der Waals surface area contributed by atoms with Crippen molar-refractivity contribution >= 4 is 5.97 Å². The molecule has 2 nitrogen and oxygen atoms in total. The van der Waals surface area contributed by atoms with E-state index in [1.807, 2.05) is 0 Å². The van der Waals surface area contributed by atoms with E-state index < -0.39 is 0 Å². The Balaban J connectivity index is 1.95. The second-order valence-corrected chi connectivity index (χ2v) is 6.77. The van der Waals surface area contributed by atoms with Crippen LogP contribution in [0.4, 0.5) is 0 Å². The molecule has 0 spiro atoms. The first-order valence-corrected chi connectivity index (χ1v) is 8.38. The zero-order valence-electron chi connectivity index (χ0n) is 12.7. The summed E-state index contributed by atoms with van der Waals surface area (Å²) in [5.41, 5.74) is -0.238. The topological polar surface area (TPSA) is 26.3 Å². The first kappa shape index (κ1) is 14.9. The monoisotopic (exact) mass is 266 g/mol. The number of carbonyl (C=O) groups is 1. The maximum atomic E-state index is 12.6. The Morgan fingerprint density at radius 1 is 1.00 bits per heavy atom. The highest BCUT2D eigenvalue weighted by atomic mass is 16.5. The Kier molecular flexibility index (Phi) is 5.29. The van der Waals surface area contributed by atoms with E-state index in [4.69, 9.17) is 4.74 Å². The number of rotatable bonds is 4. The molecule has 0 aromatic rings. The van der Waals surface area contributed by atoms with Crippen molar-refractivity contribution in [3.05, 3.63) is 0 Å². The molecule has 0 aromatic carbocycles. The fourth-order valence-electron chi connectivity index (χ4n) is 3.81. The van der Waals surface area contributed by atoms with Gasteiger partial charge >= 0.3 is 5.97 Å². The molecule has 110 valence electrons. The molecule has 2 heteroatoms. The van der Waals surface area contributed by atoms with Gasteiger partial charge in [0.15, 0.2) is 0 Å². The van der Waals surface area contributed by atoms with E-state index in [9.17, 15) is 4.79 Å². The third kappa shape index (κ3) is 3.52. The van der Waals surface area contributed by atoms with Gasteiger partial charge in [0, 0.05) is 0 Å². The van der Waals surface area contributed by atoms with Gasteiger partial charge < -0.3 is 4.74 Å². The molecule has 0 saturated heterocycles. The Labute approximate surface area is 118 Å². The fraction of sp³-hybridized carbons (Fsp3) is 0.941. The molecule has 0 aliphatic heterocycles. The van der Waals surface area contributed by atoms with Gasteiger partial charge in [-0.25, -0.2) is 0 Å². The molecule has 0 heterocycles. The second-order valence-electron chi connectivity index (χ2n) is 6.77. The third-order valence-electron chi connectivity index (χ3n) is 5.53. The van der Waals surface area contributed by atoms with E-state index in [0.29, 0.717) is 5.92 Å². The molecule has 1 atom stereocenters. The average Bonchev–Trinajstić information content (AvgIpc) is 2.48. The van der Waals surface area contributed by atoms with Gasteiger partial charge in [0.1, 0.15) is 6.10 Å². The predicted octanol–water partition coefficient (Wildman–Crippen LogP) is 4.86. The summed E-state index contributed by atoms with van der Waals surface area (Å²) in [6, 6.07) is 0. The number of hydrogen-bond acceptors (Lipinski definition) is 2. The maximum Gasteiger partial charge on any atom is 0.312 e. The van der Waals surface area contributed by atoms with Crippen LogP contribution in [0.15, 0.2) is 0 Å². The second kappa shape index (κ2) is 6.76. The van der Waals surface area contributed by atoms with E-state index in [-0.39, 0.29) is 17.5 Å². The van der Waals surface area contributed by atoms with Crippen molar-refractivity contribution < 1.29 is 9.53 Å². The number of ether oxygens (including phenoxy) is 1. The van der Waals surface area contributed by atoms with Crippen LogP contribution in [0.2, 0.25) is 0 Å². The fourth-order valence-corrected chi connectivity index (χ4v) is 3.81. The van der Waals surface area contributed by atoms with E-state index in [1.165, 1.54) is 51.4 Å². The number of carbonyl (C=O) groups excluding carboxylic acids is 1. The van der Waals surface area contributed by atoms with Crippen molar-refractivity contribution in [1.29, 1.82) is 0 Å².